The highest BCUT2D eigenvalue weighted by atomic mass is 16.5. The van der Waals surface area contributed by atoms with Gasteiger partial charge in [-0.25, -0.2) is 0 Å². The molecule has 3 rings (SSSR count). The molecule has 3 heteroatoms. The van der Waals surface area contributed by atoms with E-state index in [-0.39, 0.29) is 0 Å². The van der Waals surface area contributed by atoms with Crippen molar-refractivity contribution in [3.8, 4) is 5.75 Å². The van der Waals surface area contributed by atoms with Crippen LogP contribution in [0.25, 0.3) is 0 Å². The summed E-state index contributed by atoms with van der Waals surface area (Å²) >= 11 is 0. The molecule has 1 aromatic rings. The first-order valence-electron chi connectivity index (χ1n) is 5.95. The number of rotatable bonds is 3. The van der Waals surface area contributed by atoms with E-state index < -0.39 is 0 Å². The number of likely N-dealkylation sites (tertiary alicyclic amines) is 1. The fourth-order valence-corrected chi connectivity index (χ4v) is 2.85. The van der Waals surface area contributed by atoms with Gasteiger partial charge in [-0.1, -0.05) is 12.1 Å². The van der Waals surface area contributed by atoms with Gasteiger partial charge in [-0.2, -0.15) is 0 Å². The molecule has 0 saturated carbocycles. The van der Waals surface area contributed by atoms with Gasteiger partial charge < -0.3 is 10.1 Å². The van der Waals surface area contributed by atoms with E-state index in [0.29, 0.717) is 0 Å². The molecule has 0 amide bonds. The number of piperazine rings is 1. The van der Waals surface area contributed by atoms with Gasteiger partial charge in [-0.15, -0.1) is 0 Å². The second-order valence-corrected chi connectivity index (χ2v) is 4.78. The Morgan fingerprint density at radius 1 is 1.50 bits per heavy atom. The minimum absolute atomic E-state index is 0.732. The fraction of sp³-hybridized carbons (Fsp3) is 0.538. The van der Waals surface area contributed by atoms with Crippen LogP contribution < -0.4 is 10.1 Å². The molecule has 86 valence electrons. The standard InChI is InChI=1S/C13H18N2O/c1-16-13-4-2-3-10(5-13)8-15-9-11-6-12(15)7-14-11/h2-5,11-12,14H,6-9H2,1H3/t11-,12-/m0/s1. The molecule has 2 fully saturated rings. The Bertz CT molecular complexity index is 380. The van der Waals surface area contributed by atoms with Crippen molar-refractivity contribution >= 4 is 0 Å². The first-order valence-corrected chi connectivity index (χ1v) is 5.95. The maximum atomic E-state index is 5.25. The first-order chi connectivity index (χ1) is 7.85. The summed E-state index contributed by atoms with van der Waals surface area (Å²) in [6.45, 7) is 3.41. The summed E-state index contributed by atoms with van der Waals surface area (Å²) in [4.78, 5) is 2.58. The zero-order valence-corrected chi connectivity index (χ0v) is 9.65. The van der Waals surface area contributed by atoms with Crippen molar-refractivity contribution in [3.05, 3.63) is 29.8 Å². The monoisotopic (exact) mass is 218 g/mol. The lowest BCUT2D eigenvalue weighted by atomic mass is 10.2. The third-order valence-electron chi connectivity index (χ3n) is 3.69. The van der Waals surface area contributed by atoms with E-state index in [1.165, 1.54) is 18.5 Å². The highest BCUT2D eigenvalue weighted by Gasteiger charge is 2.37. The van der Waals surface area contributed by atoms with Crippen LogP contribution in [0, 0.1) is 0 Å². The number of hydrogen-bond donors (Lipinski definition) is 1. The van der Waals surface area contributed by atoms with Crippen molar-refractivity contribution in [1.82, 2.24) is 10.2 Å². The molecule has 2 atom stereocenters. The Morgan fingerprint density at radius 3 is 3.12 bits per heavy atom. The highest BCUT2D eigenvalue weighted by Crippen LogP contribution is 2.25. The molecule has 3 nitrogen and oxygen atoms in total. The predicted octanol–water partition coefficient (Wildman–Crippen LogP) is 1.24. The Hall–Kier alpha value is -1.06. The maximum Gasteiger partial charge on any atom is 0.119 e. The number of nitrogens with zero attached hydrogens (tertiary/aromatic N) is 1. The van der Waals surface area contributed by atoms with Crippen LogP contribution in [0.5, 0.6) is 5.75 Å². The Labute approximate surface area is 96.4 Å². The van der Waals surface area contributed by atoms with E-state index in [4.69, 9.17) is 4.74 Å². The predicted molar refractivity (Wildman–Crippen MR) is 63.6 cm³/mol. The molecule has 0 spiro atoms. The molecule has 1 N–H and O–H groups in total. The lowest BCUT2D eigenvalue weighted by Crippen LogP contribution is -2.42. The molecule has 2 heterocycles. The van der Waals surface area contributed by atoms with Gasteiger partial charge >= 0.3 is 0 Å². The zero-order chi connectivity index (χ0) is 11.0. The summed E-state index contributed by atoms with van der Waals surface area (Å²) < 4.78 is 5.25. The quantitative estimate of drug-likeness (QED) is 0.826. The largest absolute Gasteiger partial charge is 0.497 e. The van der Waals surface area contributed by atoms with Gasteiger partial charge in [-0.3, -0.25) is 4.90 Å². The third-order valence-corrected chi connectivity index (χ3v) is 3.69. The van der Waals surface area contributed by atoms with Crippen LogP contribution in [-0.4, -0.2) is 37.2 Å². The zero-order valence-electron chi connectivity index (χ0n) is 9.65. The molecule has 2 bridgehead atoms. The molecular weight excluding hydrogens is 200 g/mol. The van der Waals surface area contributed by atoms with E-state index in [1.807, 2.05) is 6.07 Å². The van der Waals surface area contributed by atoms with Crippen LogP contribution in [-0.2, 0) is 6.54 Å². The van der Waals surface area contributed by atoms with Crippen molar-refractivity contribution in [2.45, 2.75) is 25.0 Å². The molecule has 0 unspecified atom stereocenters. The van der Waals surface area contributed by atoms with Crippen LogP contribution in [0.15, 0.2) is 24.3 Å². The van der Waals surface area contributed by atoms with Crippen LogP contribution in [0.3, 0.4) is 0 Å². The SMILES string of the molecule is COc1cccc(CN2C[C@@H]3C[C@H]2CN3)c1. The summed E-state index contributed by atoms with van der Waals surface area (Å²) in [6.07, 6.45) is 1.32. The number of benzene rings is 1. The number of hydrogen-bond acceptors (Lipinski definition) is 3. The summed E-state index contributed by atoms with van der Waals surface area (Å²) in [5.41, 5.74) is 1.35. The Morgan fingerprint density at radius 2 is 2.44 bits per heavy atom. The van der Waals surface area contributed by atoms with Crippen LogP contribution in [0.4, 0.5) is 0 Å². The summed E-state index contributed by atoms with van der Waals surface area (Å²) in [7, 11) is 1.72. The molecule has 2 saturated heterocycles. The second-order valence-electron chi connectivity index (χ2n) is 4.78. The molecule has 1 aromatic carbocycles. The summed E-state index contributed by atoms with van der Waals surface area (Å²) in [5, 5.41) is 3.53. The molecule has 2 aliphatic heterocycles. The molecule has 0 aliphatic carbocycles. The van der Waals surface area contributed by atoms with Gasteiger partial charge in [0.1, 0.15) is 5.75 Å². The number of fused-ring (bicyclic) bond motifs is 2. The van der Waals surface area contributed by atoms with E-state index in [0.717, 1.165) is 30.9 Å². The highest BCUT2D eigenvalue weighted by molar-refractivity contribution is 5.28. The van der Waals surface area contributed by atoms with Crippen LogP contribution in [0.1, 0.15) is 12.0 Å². The van der Waals surface area contributed by atoms with Crippen molar-refractivity contribution in [2.75, 3.05) is 20.2 Å². The minimum atomic E-state index is 0.732. The second kappa shape index (κ2) is 4.07. The molecule has 0 aromatic heterocycles. The number of methoxy groups -OCH3 is 1. The fourth-order valence-electron chi connectivity index (χ4n) is 2.85. The molecule has 16 heavy (non-hydrogen) atoms. The molecular formula is C13H18N2O. The van der Waals surface area contributed by atoms with E-state index >= 15 is 0 Å². The van der Waals surface area contributed by atoms with Gasteiger partial charge in [-0.05, 0) is 24.1 Å². The normalized spacial score (nSPS) is 28.6. The minimum Gasteiger partial charge on any atom is -0.497 e. The first kappa shape index (κ1) is 10.1. The average molecular weight is 218 g/mol. The number of nitrogens with one attached hydrogen (secondary N) is 1. The Kier molecular flexibility index (Phi) is 2.58. The lowest BCUT2D eigenvalue weighted by Gasteiger charge is -2.27. The van der Waals surface area contributed by atoms with E-state index in [2.05, 4.69) is 28.4 Å². The van der Waals surface area contributed by atoms with Crippen LogP contribution >= 0.6 is 0 Å². The van der Waals surface area contributed by atoms with E-state index in [1.54, 1.807) is 7.11 Å². The maximum absolute atomic E-state index is 5.25. The van der Waals surface area contributed by atoms with Gasteiger partial charge in [0, 0.05) is 31.7 Å². The summed E-state index contributed by atoms with van der Waals surface area (Å²) in [6, 6.07) is 9.87. The number of ether oxygens (including phenoxy) is 1. The van der Waals surface area contributed by atoms with Crippen molar-refractivity contribution < 1.29 is 4.74 Å². The van der Waals surface area contributed by atoms with Crippen molar-refractivity contribution in [3.63, 3.8) is 0 Å². The van der Waals surface area contributed by atoms with Gasteiger partial charge in [0.15, 0.2) is 0 Å². The Balaban J connectivity index is 1.69. The van der Waals surface area contributed by atoms with Crippen molar-refractivity contribution in [1.29, 1.82) is 0 Å². The lowest BCUT2D eigenvalue weighted by molar-refractivity contribution is 0.217. The van der Waals surface area contributed by atoms with E-state index in [9.17, 15) is 0 Å². The smallest absolute Gasteiger partial charge is 0.119 e. The molecule has 2 aliphatic rings. The van der Waals surface area contributed by atoms with Gasteiger partial charge in [0.2, 0.25) is 0 Å². The topological polar surface area (TPSA) is 24.5 Å². The van der Waals surface area contributed by atoms with Crippen molar-refractivity contribution in [2.24, 2.45) is 0 Å². The average Bonchev–Trinajstić information content (AvgIpc) is 2.91. The van der Waals surface area contributed by atoms with Crippen LogP contribution in [0.2, 0.25) is 0 Å². The summed E-state index contributed by atoms with van der Waals surface area (Å²) in [5.74, 6) is 0.958. The third kappa shape index (κ3) is 1.81. The van der Waals surface area contributed by atoms with Gasteiger partial charge in [0.05, 0.1) is 7.11 Å². The van der Waals surface area contributed by atoms with Gasteiger partial charge in [0.25, 0.3) is 0 Å². The molecule has 0 radical (unpaired) electrons.